The SMILES string of the molecule is CC(=O)N1C[C@H](C(=O)OCc2csc(-c3ccc(C)cc3)n2)Oc2ccccc21. The average Bonchev–Trinajstić information content (AvgIpc) is 3.20. The number of benzene rings is 2. The van der Waals surface area contributed by atoms with Crippen LogP contribution in [0.4, 0.5) is 5.69 Å². The Kier molecular flexibility index (Phi) is 5.31. The van der Waals surface area contributed by atoms with Gasteiger partial charge in [0.25, 0.3) is 0 Å². The van der Waals surface area contributed by atoms with Crippen molar-refractivity contribution in [3.63, 3.8) is 0 Å². The van der Waals surface area contributed by atoms with Gasteiger partial charge >= 0.3 is 5.97 Å². The first-order valence-electron chi connectivity index (χ1n) is 9.23. The van der Waals surface area contributed by atoms with Crippen LogP contribution in [0.3, 0.4) is 0 Å². The van der Waals surface area contributed by atoms with Crippen LogP contribution in [0.5, 0.6) is 5.75 Å². The van der Waals surface area contributed by atoms with Gasteiger partial charge in [-0.1, -0.05) is 42.0 Å². The number of esters is 1. The minimum atomic E-state index is -0.871. The van der Waals surface area contributed by atoms with Crippen LogP contribution in [0.25, 0.3) is 10.6 Å². The number of carbonyl (C=O) groups excluding carboxylic acids is 2. The van der Waals surface area contributed by atoms with E-state index in [9.17, 15) is 9.59 Å². The van der Waals surface area contributed by atoms with Gasteiger partial charge in [-0.05, 0) is 19.1 Å². The number of anilines is 1. The van der Waals surface area contributed by atoms with Gasteiger partial charge in [0.05, 0.1) is 17.9 Å². The zero-order valence-corrected chi connectivity index (χ0v) is 16.9. The van der Waals surface area contributed by atoms with E-state index < -0.39 is 12.1 Å². The molecule has 1 atom stereocenters. The topological polar surface area (TPSA) is 68.7 Å². The van der Waals surface area contributed by atoms with Crippen molar-refractivity contribution >= 4 is 28.9 Å². The lowest BCUT2D eigenvalue weighted by Crippen LogP contribution is -2.47. The van der Waals surface area contributed by atoms with Crippen LogP contribution < -0.4 is 9.64 Å². The van der Waals surface area contributed by atoms with Crippen LogP contribution in [-0.2, 0) is 20.9 Å². The summed E-state index contributed by atoms with van der Waals surface area (Å²) in [6.07, 6.45) is -0.871. The molecule has 0 fully saturated rings. The molecule has 1 aliphatic heterocycles. The molecule has 1 aliphatic rings. The molecule has 2 heterocycles. The Morgan fingerprint density at radius 3 is 2.72 bits per heavy atom. The van der Waals surface area contributed by atoms with E-state index in [-0.39, 0.29) is 19.1 Å². The Labute approximate surface area is 172 Å². The molecular formula is C22H20N2O4S. The van der Waals surface area contributed by atoms with E-state index in [0.29, 0.717) is 17.1 Å². The number of fused-ring (bicyclic) bond motifs is 1. The van der Waals surface area contributed by atoms with Gasteiger partial charge in [0.1, 0.15) is 17.4 Å². The van der Waals surface area contributed by atoms with Gasteiger partial charge in [0.2, 0.25) is 12.0 Å². The zero-order valence-electron chi connectivity index (χ0n) is 16.1. The molecule has 1 aromatic heterocycles. The van der Waals surface area contributed by atoms with E-state index in [0.717, 1.165) is 10.6 Å². The Bertz CT molecular complexity index is 1040. The second-order valence-corrected chi connectivity index (χ2v) is 7.68. The summed E-state index contributed by atoms with van der Waals surface area (Å²) >= 11 is 1.50. The van der Waals surface area contributed by atoms with Gasteiger partial charge in [-0.15, -0.1) is 11.3 Å². The number of hydrogen-bond donors (Lipinski definition) is 0. The molecule has 0 saturated heterocycles. The van der Waals surface area contributed by atoms with Crippen molar-refractivity contribution in [1.29, 1.82) is 0 Å². The van der Waals surface area contributed by atoms with Crippen LogP contribution in [0.1, 0.15) is 18.2 Å². The summed E-state index contributed by atoms with van der Waals surface area (Å²) in [5.74, 6) is -0.178. The van der Waals surface area contributed by atoms with E-state index in [4.69, 9.17) is 9.47 Å². The number of ether oxygens (including phenoxy) is 2. The Morgan fingerprint density at radius 1 is 1.21 bits per heavy atom. The molecule has 0 aliphatic carbocycles. The highest BCUT2D eigenvalue weighted by Crippen LogP contribution is 2.33. The second-order valence-electron chi connectivity index (χ2n) is 6.82. The number of rotatable bonds is 4. The predicted octanol–water partition coefficient (Wildman–Crippen LogP) is 3.98. The van der Waals surface area contributed by atoms with Crippen LogP contribution >= 0.6 is 11.3 Å². The maximum Gasteiger partial charge on any atom is 0.349 e. The van der Waals surface area contributed by atoms with Crippen molar-refractivity contribution in [2.75, 3.05) is 11.4 Å². The molecule has 6 nitrogen and oxygen atoms in total. The standard InChI is InChI=1S/C22H20N2O4S/c1-14-7-9-16(10-8-14)21-23-17(13-29-21)12-27-22(26)20-11-24(15(2)25)18-5-3-4-6-19(18)28-20/h3-10,13,20H,11-12H2,1-2H3/t20-/m1/s1. The van der Waals surface area contributed by atoms with Crippen molar-refractivity contribution in [3.8, 4) is 16.3 Å². The highest BCUT2D eigenvalue weighted by atomic mass is 32.1. The largest absolute Gasteiger partial charge is 0.475 e. The number of hydrogen-bond acceptors (Lipinski definition) is 6. The third-order valence-corrected chi connectivity index (χ3v) is 5.57. The fraction of sp³-hybridized carbons (Fsp3) is 0.227. The molecule has 0 N–H and O–H groups in total. The van der Waals surface area contributed by atoms with Crippen LogP contribution in [-0.4, -0.2) is 29.5 Å². The first-order valence-corrected chi connectivity index (χ1v) is 10.1. The summed E-state index contributed by atoms with van der Waals surface area (Å²) < 4.78 is 11.2. The lowest BCUT2D eigenvalue weighted by molar-refractivity contribution is -0.153. The number of thiazole rings is 1. The third kappa shape index (κ3) is 4.14. The fourth-order valence-electron chi connectivity index (χ4n) is 3.10. The van der Waals surface area contributed by atoms with Crippen molar-refractivity contribution in [2.24, 2.45) is 0 Å². The minimum Gasteiger partial charge on any atom is -0.475 e. The van der Waals surface area contributed by atoms with E-state index in [1.165, 1.54) is 28.7 Å². The molecule has 0 saturated carbocycles. The Hall–Kier alpha value is -3.19. The molecule has 1 amide bonds. The highest BCUT2D eigenvalue weighted by molar-refractivity contribution is 7.13. The molecule has 2 aromatic carbocycles. The summed E-state index contributed by atoms with van der Waals surface area (Å²) in [6, 6.07) is 15.3. The smallest absolute Gasteiger partial charge is 0.349 e. The van der Waals surface area contributed by atoms with Crippen LogP contribution in [0.15, 0.2) is 53.9 Å². The van der Waals surface area contributed by atoms with Crippen molar-refractivity contribution in [1.82, 2.24) is 4.98 Å². The van der Waals surface area contributed by atoms with Crippen molar-refractivity contribution in [2.45, 2.75) is 26.6 Å². The summed E-state index contributed by atoms with van der Waals surface area (Å²) in [7, 11) is 0. The first kappa shape index (κ1) is 19.1. The maximum atomic E-state index is 12.6. The van der Waals surface area contributed by atoms with Gasteiger partial charge in [-0.2, -0.15) is 0 Å². The zero-order chi connectivity index (χ0) is 20.4. The number of aromatic nitrogens is 1. The Morgan fingerprint density at radius 2 is 1.97 bits per heavy atom. The average molecular weight is 408 g/mol. The van der Waals surface area contributed by atoms with Gasteiger partial charge < -0.3 is 14.4 Å². The molecule has 0 spiro atoms. The van der Waals surface area contributed by atoms with Crippen LogP contribution in [0, 0.1) is 6.92 Å². The monoisotopic (exact) mass is 408 g/mol. The first-order chi connectivity index (χ1) is 14.0. The summed E-state index contributed by atoms with van der Waals surface area (Å²) in [5, 5.41) is 2.75. The molecule has 7 heteroatoms. The molecule has 148 valence electrons. The van der Waals surface area contributed by atoms with Gasteiger partial charge in [0, 0.05) is 17.9 Å². The van der Waals surface area contributed by atoms with E-state index >= 15 is 0 Å². The lowest BCUT2D eigenvalue weighted by atomic mass is 10.2. The minimum absolute atomic E-state index is 0.0583. The molecular weight excluding hydrogens is 388 g/mol. The van der Waals surface area contributed by atoms with E-state index in [1.54, 1.807) is 18.2 Å². The fourth-order valence-corrected chi connectivity index (χ4v) is 3.91. The van der Waals surface area contributed by atoms with Crippen LogP contribution in [0.2, 0.25) is 0 Å². The summed E-state index contributed by atoms with van der Waals surface area (Å²) in [4.78, 5) is 30.6. The summed E-state index contributed by atoms with van der Waals surface area (Å²) in [6.45, 7) is 3.68. The maximum absolute atomic E-state index is 12.6. The number of carbonyl (C=O) groups is 2. The van der Waals surface area contributed by atoms with Crippen molar-refractivity contribution < 1.29 is 19.1 Å². The second kappa shape index (κ2) is 8.05. The predicted molar refractivity (Wildman–Crippen MR) is 111 cm³/mol. The van der Waals surface area contributed by atoms with Gasteiger partial charge in [-0.25, -0.2) is 9.78 Å². The van der Waals surface area contributed by atoms with Crippen molar-refractivity contribution in [3.05, 3.63) is 65.2 Å². The lowest BCUT2D eigenvalue weighted by Gasteiger charge is -2.33. The highest BCUT2D eigenvalue weighted by Gasteiger charge is 2.33. The number of para-hydroxylation sites is 2. The molecule has 0 bridgehead atoms. The Balaban J connectivity index is 1.41. The molecule has 4 rings (SSSR count). The molecule has 29 heavy (non-hydrogen) atoms. The summed E-state index contributed by atoms with van der Waals surface area (Å²) in [5.41, 5.74) is 3.56. The van der Waals surface area contributed by atoms with Gasteiger partial charge in [0.15, 0.2) is 0 Å². The molecule has 0 unspecified atom stereocenters. The number of nitrogens with zero attached hydrogens (tertiary/aromatic N) is 2. The molecule has 0 radical (unpaired) electrons. The van der Waals surface area contributed by atoms with E-state index in [2.05, 4.69) is 4.98 Å². The quantitative estimate of drug-likeness (QED) is 0.611. The van der Waals surface area contributed by atoms with Gasteiger partial charge in [-0.3, -0.25) is 4.79 Å². The number of amides is 1. The number of aryl methyl sites for hydroxylation is 1. The molecule has 3 aromatic rings. The third-order valence-electron chi connectivity index (χ3n) is 4.63. The van der Waals surface area contributed by atoms with E-state index in [1.807, 2.05) is 42.6 Å². The normalized spacial score (nSPS) is 15.4.